The standard InChI is InChI=1S/C11H16N2O5/c1-8-2-3-9(18-8)6-13-11(16)12-4-5-17-7-10(14)15/h2-3H,4-7H2,1H3,(H,14,15)(H2,12,13,16). The van der Waals surface area contributed by atoms with Crippen molar-refractivity contribution in [1.82, 2.24) is 10.6 Å². The normalized spacial score (nSPS) is 10.1. The first-order valence-corrected chi connectivity index (χ1v) is 5.44. The molecule has 7 nitrogen and oxygen atoms in total. The molecular formula is C11H16N2O5. The highest BCUT2D eigenvalue weighted by atomic mass is 16.5. The number of aryl methyl sites for hydroxylation is 1. The molecule has 1 aromatic rings. The van der Waals surface area contributed by atoms with Gasteiger partial charge >= 0.3 is 12.0 Å². The molecule has 1 heterocycles. The number of urea groups is 1. The van der Waals surface area contributed by atoms with Gasteiger partial charge in [0, 0.05) is 6.54 Å². The van der Waals surface area contributed by atoms with E-state index in [1.165, 1.54) is 0 Å². The molecule has 0 radical (unpaired) electrons. The summed E-state index contributed by atoms with van der Waals surface area (Å²) < 4.78 is 10.0. The van der Waals surface area contributed by atoms with Gasteiger partial charge in [-0.1, -0.05) is 0 Å². The number of carboxylic acids is 1. The maximum Gasteiger partial charge on any atom is 0.329 e. The van der Waals surface area contributed by atoms with Gasteiger partial charge in [0.1, 0.15) is 18.1 Å². The third-order valence-corrected chi connectivity index (χ3v) is 1.98. The lowest BCUT2D eigenvalue weighted by atomic mass is 10.4. The van der Waals surface area contributed by atoms with Crippen LogP contribution in [0.3, 0.4) is 0 Å². The number of aliphatic carboxylic acids is 1. The van der Waals surface area contributed by atoms with Crippen LogP contribution < -0.4 is 10.6 Å². The van der Waals surface area contributed by atoms with E-state index in [4.69, 9.17) is 14.3 Å². The Morgan fingerprint density at radius 3 is 2.78 bits per heavy atom. The zero-order valence-electron chi connectivity index (χ0n) is 10.1. The lowest BCUT2D eigenvalue weighted by Gasteiger charge is -2.06. The summed E-state index contributed by atoms with van der Waals surface area (Å²) in [5.41, 5.74) is 0. The average molecular weight is 256 g/mol. The van der Waals surface area contributed by atoms with Crippen LogP contribution in [0.25, 0.3) is 0 Å². The average Bonchev–Trinajstić information content (AvgIpc) is 2.71. The number of amides is 2. The Bertz CT molecular complexity index is 402. The van der Waals surface area contributed by atoms with Gasteiger partial charge in [-0.3, -0.25) is 0 Å². The molecular weight excluding hydrogens is 240 g/mol. The van der Waals surface area contributed by atoms with Crippen molar-refractivity contribution < 1.29 is 23.8 Å². The highest BCUT2D eigenvalue weighted by Gasteiger charge is 2.02. The molecule has 0 aliphatic rings. The van der Waals surface area contributed by atoms with Gasteiger partial charge in [0.25, 0.3) is 0 Å². The van der Waals surface area contributed by atoms with Crippen molar-refractivity contribution in [3.63, 3.8) is 0 Å². The van der Waals surface area contributed by atoms with Crippen molar-refractivity contribution in [3.8, 4) is 0 Å². The largest absolute Gasteiger partial charge is 0.480 e. The topological polar surface area (TPSA) is 101 Å². The quantitative estimate of drug-likeness (QED) is 0.616. The fourth-order valence-corrected chi connectivity index (χ4v) is 1.21. The van der Waals surface area contributed by atoms with Crippen molar-refractivity contribution in [3.05, 3.63) is 23.7 Å². The van der Waals surface area contributed by atoms with Gasteiger partial charge in [-0.05, 0) is 19.1 Å². The summed E-state index contributed by atoms with van der Waals surface area (Å²) in [6, 6.07) is 3.24. The Hall–Kier alpha value is -2.02. The predicted octanol–water partition coefficient (Wildman–Crippen LogP) is 0.488. The molecule has 7 heteroatoms. The molecule has 0 saturated heterocycles. The minimum atomic E-state index is -1.03. The summed E-state index contributed by atoms with van der Waals surface area (Å²) in [6.07, 6.45) is 0. The van der Waals surface area contributed by atoms with Crippen molar-refractivity contribution in [2.45, 2.75) is 13.5 Å². The molecule has 0 unspecified atom stereocenters. The molecule has 1 rings (SSSR count). The molecule has 0 fully saturated rings. The van der Waals surface area contributed by atoms with Crippen LogP contribution in [0.5, 0.6) is 0 Å². The number of hydrogen-bond acceptors (Lipinski definition) is 4. The van der Waals surface area contributed by atoms with Gasteiger partial charge in [-0.2, -0.15) is 0 Å². The molecule has 3 N–H and O–H groups in total. The van der Waals surface area contributed by atoms with Gasteiger partial charge in [0.05, 0.1) is 13.2 Å². The van der Waals surface area contributed by atoms with Gasteiger partial charge in [-0.25, -0.2) is 9.59 Å². The van der Waals surface area contributed by atoms with E-state index in [0.29, 0.717) is 12.3 Å². The molecule has 0 aromatic carbocycles. The van der Waals surface area contributed by atoms with E-state index in [1.54, 1.807) is 6.07 Å². The van der Waals surface area contributed by atoms with Crippen LogP contribution in [-0.4, -0.2) is 36.9 Å². The molecule has 1 aromatic heterocycles. The van der Waals surface area contributed by atoms with Gasteiger partial charge in [-0.15, -0.1) is 0 Å². The van der Waals surface area contributed by atoms with E-state index in [-0.39, 0.29) is 25.8 Å². The van der Waals surface area contributed by atoms with E-state index in [0.717, 1.165) is 5.76 Å². The first-order valence-electron chi connectivity index (χ1n) is 5.44. The zero-order chi connectivity index (χ0) is 13.4. The fraction of sp³-hybridized carbons (Fsp3) is 0.455. The molecule has 0 bridgehead atoms. The first-order chi connectivity index (χ1) is 8.58. The second-order valence-electron chi connectivity index (χ2n) is 3.57. The Morgan fingerprint density at radius 1 is 1.39 bits per heavy atom. The molecule has 0 aliphatic heterocycles. The summed E-state index contributed by atoms with van der Waals surface area (Å²) in [5, 5.41) is 13.4. The predicted molar refractivity (Wildman–Crippen MR) is 62.1 cm³/mol. The molecule has 100 valence electrons. The highest BCUT2D eigenvalue weighted by molar-refractivity contribution is 5.73. The van der Waals surface area contributed by atoms with Crippen molar-refractivity contribution in [2.75, 3.05) is 19.8 Å². The Labute approximate surface area is 104 Å². The third-order valence-electron chi connectivity index (χ3n) is 1.98. The SMILES string of the molecule is Cc1ccc(CNC(=O)NCCOCC(=O)O)o1. The number of furan rings is 1. The fourth-order valence-electron chi connectivity index (χ4n) is 1.21. The first kappa shape index (κ1) is 14.0. The molecule has 0 aliphatic carbocycles. The van der Waals surface area contributed by atoms with Crippen LogP contribution in [-0.2, 0) is 16.1 Å². The number of rotatable bonds is 7. The second-order valence-corrected chi connectivity index (χ2v) is 3.57. The maximum atomic E-state index is 11.3. The smallest absolute Gasteiger partial charge is 0.329 e. The van der Waals surface area contributed by atoms with Crippen molar-refractivity contribution >= 4 is 12.0 Å². The summed E-state index contributed by atoms with van der Waals surface area (Å²) in [6.45, 7) is 2.16. The zero-order valence-corrected chi connectivity index (χ0v) is 10.1. The number of carbonyl (C=O) groups is 2. The molecule has 0 spiro atoms. The molecule has 2 amide bonds. The van der Waals surface area contributed by atoms with Gasteiger partial charge < -0.3 is 24.9 Å². The van der Waals surface area contributed by atoms with Crippen molar-refractivity contribution in [2.24, 2.45) is 0 Å². The van der Waals surface area contributed by atoms with E-state index in [2.05, 4.69) is 10.6 Å². The van der Waals surface area contributed by atoms with Crippen molar-refractivity contribution in [1.29, 1.82) is 0 Å². The van der Waals surface area contributed by atoms with Crippen LogP contribution in [0, 0.1) is 6.92 Å². The lowest BCUT2D eigenvalue weighted by Crippen LogP contribution is -2.37. The lowest BCUT2D eigenvalue weighted by molar-refractivity contribution is -0.142. The van der Waals surface area contributed by atoms with Crippen LogP contribution in [0.2, 0.25) is 0 Å². The summed E-state index contributed by atoms with van der Waals surface area (Å²) >= 11 is 0. The molecule has 0 atom stereocenters. The van der Waals surface area contributed by atoms with E-state index < -0.39 is 5.97 Å². The summed E-state index contributed by atoms with van der Waals surface area (Å²) in [7, 11) is 0. The maximum absolute atomic E-state index is 11.3. The number of nitrogens with one attached hydrogen (secondary N) is 2. The van der Waals surface area contributed by atoms with Gasteiger partial charge in [0.2, 0.25) is 0 Å². The van der Waals surface area contributed by atoms with Crippen LogP contribution in [0.1, 0.15) is 11.5 Å². The Kier molecular flexibility index (Phi) is 5.72. The minimum absolute atomic E-state index is 0.152. The molecule has 0 saturated carbocycles. The van der Waals surface area contributed by atoms with Crippen LogP contribution in [0.4, 0.5) is 4.79 Å². The summed E-state index contributed by atoms with van der Waals surface area (Å²) in [5.74, 6) is 0.423. The number of carboxylic acid groups (broad SMARTS) is 1. The molecule has 18 heavy (non-hydrogen) atoms. The second kappa shape index (κ2) is 7.33. The monoisotopic (exact) mass is 256 g/mol. The third kappa shape index (κ3) is 5.90. The van der Waals surface area contributed by atoms with E-state index in [9.17, 15) is 9.59 Å². The van der Waals surface area contributed by atoms with Crippen LogP contribution >= 0.6 is 0 Å². The highest BCUT2D eigenvalue weighted by Crippen LogP contribution is 2.04. The summed E-state index contributed by atoms with van der Waals surface area (Å²) in [4.78, 5) is 21.4. The van der Waals surface area contributed by atoms with Crippen LogP contribution in [0.15, 0.2) is 16.5 Å². The van der Waals surface area contributed by atoms with E-state index in [1.807, 2.05) is 13.0 Å². The minimum Gasteiger partial charge on any atom is -0.480 e. The van der Waals surface area contributed by atoms with E-state index >= 15 is 0 Å². The number of hydrogen-bond donors (Lipinski definition) is 3. The Balaban J connectivity index is 2.05. The van der Waals surface area contributed by atoms with Gasteiger partial charge in [0.15, 0.2) is 0 Å². The Morgan fingerprint density at radius 2 is 2.17 bits per heavy atom. The number of ether oxygens (including phenoxy) is 1. The number of carbonyl (C=O) groups excluding carboxylic acids is 1.